The number of rotatable bonds is 3. The van der Waals surface area contributed by atoms with Gasteiger partial charge in [0.1, 0.15) is 40.5 Å². The van der Waals surface area contributed by atoms with E-state index in [1.165, 1.54) is 34.5 Å². The van der Waals surface area contributed by atoms with E-state index in [4.69, 9.17) is 14.2 Å². The molecule has 0 saturated carbocycles. The number of nitrogens with zero attached hydrogens (tertiary/aromatic N) is 5. The number of thiophene rings is 1. The molecule has 13 nitrogen and oxygen atoms in total. The van der Waals surface area contributed by atoms with Gasteiger partial charge in [0.25, 0.3) is 17.7 Å². The van der Waals surface area contributed by atoms with Gasteiger partial charge in [-0.2, -0.15) is 4.68 Å². The zero-order valence-electron chi connectivity index (χ0n) is 28.0. The molecular weight excluding hydrogens is 678 g/mol. The Labute approximate surface area is 296 Å². The number of tetrazole rings is 1. The van der Waals surface area contributed by atoms with Gasteiger partial charge in [0.2, 0.25) is 0 Å². The molecule has 262 valence electrons. The van der Waals surface area contributed by atoms with E-state index >= 15 is 0 Å². The van der Waals surface area contributed by atoms with Crippen LogP contribution in [0.25, 0.3) is 16.1 Å². The lowest BCUT2D eigenvalue weighted by atomic mass is 9.98. The van der Waals surface area contributed by atoms with Crippen LogP contribution in [0, 0.1) is 19.7 Å². The largest absolute Gasteiger partial charge is 0.496 e. The SMILES string of the molecule is COc1ccc2cc1-c1cccc(c1)OCC(=O)NCc1cc(F)cc(c1)O[C@@H]1CCN(C(=O)c3c(-n4cnnn4)sc(C)c3C)C[C@H]1NC2=O. The van der Waals surface area contributed by atoms with Crippen molar-refractivity contribution >= 4 is 29.1 Å². The van der Waals surface area contributed by atoms with Crippen LogP contribution >= 0.6 is 11.3 Å². The molecule has 2 N–H and O–H groups in total. The van der Waals surface area contributed by atoms with Crippen LogP contribution in [0.1, 0.15) is 43.1 Å². The first-order valence-corrected chi connectivity index (χ1v) is 17.1. The molecule has 0 radical (unpaired) electrons. The molecule has 1 fully saturated rings. The van der Waals surface area contributed by atoms with E-state index in [2.05, 4.69) is 26.2 Å². The first kappa shape index (κ1) is 33.7. The number of aromatic nitrogens is 4. The van der Waals surface area contributed by atoms with Crippen molar-refractivity contribution in [3.05, 3.63) is 99.9 Å². The molecule has 2 aromatic heterocycles. The third-order valence-electron chi connectivity index (χ3n) is 8.98. The second-order valence-corrected chi connectivity index (χ2v) is 13.5. The normalized spacial score (nSPS) is 17.8. The monoisotopic (exact) mass is 711 g/mol. The van der Waals surface area contributed by atoms with Crippen LogP contribution in [-0.2, 0) is 11.3 Å². The minimum atomic E-state index is -0.692. The summed E-state index contributed by atoms with van der Waals surface area (Å²) in [6.07, 6.45) is 1.15. The highest BCUT2D eigenvalue weighted by Crippen LogP contribution is 2.34. The summed E-state index contributed by atoms with van der Waals surface area (Å²) in [5.41, 5.74) is 3.46. The fourth-order valence-electron chi connectivity index (χ4n) is 6.28. The van der Waals surface area contributed by atoms with Gasteiger partial charge < -0.3 is 29.7 Å². The van der Waals surface area contributed by atoms with E-state index < -0.39 is 29.8 Å². The van der Waals surface area contributed by atoms with Gasteiger partial charge in [-0.05, 0) is 83.4 Å². The molecule has 0 aliphatic carbocycles. The molecule has 0 unspecified atom stereocenters. The molecule has 5 aromatic rings. The first-order valence-electron chi connectivity index (χ1n) is 16.2. The van der Waals surface area contributed by atoms with E-state index in [9.17, 15) is 18.8 Å². The number of nitrogens with one attached hydrogen (secondary N) is 2. The number of methoxy groups -OCH3 is 1. The Balaban J connectivity index is 1.25. The quantitative estimate of drug-likeness (QED) is 0.280. The van der Waals surface area contributed by atoms with E-state index in [0.29, 0.717) is 57.3 Å². The van der Waals surface area contributed by atoms with Gasteiger partial charge in [0, 0.05) is 48.1 Å². The number of carbonyl (C=O) groups excluding carboxylic acids is 3. The number of carbonyl (C=O) groups is 3. The predicted molar refractivity (Wildman–Crippen MR) is 185 cm³/mol. The van der Waals surface area contributed by atoms with Crippen LogP contribution in [-0.4, -0.2) is 81.8 Å². The third-order valence-corrected chi connectivity index (χ3v) is 10.2. The minimum Gasteiger partial charge on any atom is -0.496 e. The van der Waals surface area contributed by atoms with Crippen LogP contribution in [0.3, 0.4) is 0 Å². The highest BCUT2D eigenvalue weighted by molar-refractivity contribution is 7.15. The molecule has 2 atom stereocenters. The van der Waals surface area contributed by atoms with Gasteiger partial charge in [-0.1, -0.05) is 12.1 Å². The van der Waals surface area contributed by atoms with Crippen molar-refractivity contribution in [2.45, 2.75) is 39.0 Å². The average Bonchev–Trinajstić information content (AvgIpc) is 3.77. The maximum absolute atomic E-state index is 14.9. The number of likely N-dealkylation sites (tertiary alicyclic amines) is 1. The molecule has 3 amide bonds. The number of fused-ring (bicyclic) bond motifs is 8. The van der Waals surface area contributed by atoms with Crippen molar-refractivity contribution in [1.82, 2.24) is 35.7 Å². The molecule has 2 aliphatic rings. The number of benzene rings is 3. The zero-order valence-corrected chi connectivity index (χ0v) is 28.8. The Bertz CT molecular complexity index is 2120. The number of hydrogen-bond donors (Lipinski definition) is 2. The summed E-state index contributed by atoms with van der Waals surface area (Å²) in [6, 6.07) is 15.7. The van der Waals surface area contributed by atoms with Crippen molar-refractivity contribution in [2.24, 2.45) is 0 Å². The van der Waals surface area contributed by atoms with E-state index in [1.54, 1.807) is 54.5 Å². The van der Waals surface area contributed by atoms with Crippen molar-refractivity contribution in [3.8, 4) is 33.4 Å². The van der Waals surface area contributed by atoms with Gasteiger partial charge in [0.05, 0.1) is 18.7 Å². The number of amides is 3. The maximum Gasteiger partial charge on any atom is 0.258 e. The lowest BCUT2D eigenvalue weighted by Crippen LogP contribution is -2.58. The second kappa shape index (κ2) is 14.2. The summed E-state index contributed by atoms with van der Waals surface area (Å²) in [6.45, 7) is 4.01. The molecular formula is C36H34FN7O6S. The molecule has 4 heterocycles. The van der Waals surface area contributed by atoms with Crippen molar-refractivity contribution in [3.63, 3.8) is 0 Å². The Hall–Kier alpha value is -5.83. The minimum absolute atomic E-state index is 0.0372. The van der Waals surface area contributed by atoms with E-state index in [1.807, 2.05) is 19.9 Å². The molecule has 15 heteroatoms. The molecule has 2 aliphatic heterocycles. The van der Waals surface area contributed by atoms with Crippen LogP contribution in [0.4, 0.5) is 4.39 Å². The number of ether oxygens (including phenoxy) is 3. The lowest BCUT2D eigenvalue weighted by Gasteiger charge is -2.39. The topological polar surface area (TPSA) is 150 Å². The summed E-state index contributed by atoms with van der Waals surface area (Å²) in [7, 11) is 1.54. The standard InChI is InChI=1S/C36H34FN7O6S/c1-20-21(2)51-36(44-19-39-41-42-44)33(20)35(47)43-10-9-31-29(17-43)40-34(46)24-7-8-30(48-3)28(14-24)23-5-4-6-26(13-23)49-18-32(45)38-16-22-11-25(37)15-27(12-22)50-31/h4-8,11-15,19,29,31H,9-10,16-18H2,1-3H3,(H,38,45)(H,40,46)/t29-,31-/m1/s1. The fourth-order valence-corrected chi connectivity index (χ4v) is 7.34. The summed E-state index contributed by atoms with van der Waals surface area (Å²) in [4.78, 5) is 43.6. The zero-order chi connectivity index (χ0) is 35.6. The average molecular weight is 712 g/mol. The number of halogens is 1. The predicted octanol–water partition coefficient (Wildman–Crippen LogP) is 4.26. The molecule has 51 heavy (non-hydrogen) atoms. The van der Waals surface area contributed by atoms with Crippen molar-refractivity contribution in [2.75, 3.05) is 26.8 Å². The summed E-state index contributed by atoms with van der Waals surface area (Å²) >= 11 is 1.42. The smallest absolute Gasteiger partial charge is 0.258 e. The second-order valence-electron chi connectivity index (χ2n) is 12.3. The Morgan fingerprint density at radius 2 is 1.92 bits per heavy atom. The third kappa shape index (κ3) is 7.10. The first-order chi connectivity index (χ1) is 24.7. The molecule has 7 rings (SSSR count). The van der Waals surface area contributed by atoms with E-state index in [0.717, 1.165) is 10.4 Å². The number of hydrogen-bond acceptors (Lipinski definition) is 10. The Kier molecular flexibility index (Phi) is 9.36. The van der Waals surface area contributed by atoms with Crippen LogP contribution in [0.2, 0.25) is 0 Å². The van der Waals surface area contributed by atoms with Gasteiger partial charge in [-0.15, -0.1) is 16.4 Å². The molecule has 1 saturated heterocycles. The Morgan fingerprint density at radius 3 is 2.73 bits per heavy atom. The van der Waals surface area contributed by atoms with E-state index in [-0.39, 0.29) is 31.4 Å². The van der Waals surface area contributed by atoms with Gasteiger partial charge in [0.15, 0.2) is 6.61 Å². The Morgan fingerprint density at radius 1 is 1.06 bits per heavy atom. The van der Waals surface area contributed by atoms with Gasteiger partial charge >= 0.3 is 0 Å². The molecule has 0 spiro atoms. The van der Waals surface area contributed by atoms with Gasteiger partial charge in [-0.3, -0.25) is 14.4 Å². The lowest BCUT2D eigenvalue weighted by molar-refractivity contribution is -0.123. The maximum atomic E-state index is 14.9. The summed E-state index contributed by atoms with van der Waals surface area (Å²) in [5.74, 6) is -0.376. The van der Waals surface area contributed by atoms with Crippen molar-refractivity contribution in [1.29, 1.82) is 0 Å². The van der Waals surface area contributed by atoms with Crippen LogP contribution in [0.5, 0.6) is 17.2 Å². The van der Waals surface area contributed by atoms with Crippen LogP contribution in [0.15, 0.2) is 67.0 Å². The highest BCUT2D eigenvalue weighted by atomic mass is 32.1. The summed E-state index contributed by atoms with van der Waals surface area (Å²) in [5, 5.41) is 18.0. The molecule has 6 bridgehead atoms. The molecule has 3 aromatic carbocycles. The van der Waals surface area contributed by atoms with Gasteiger partial charge in [-0.25, -0.2) is 4.39 Å². The van der Waals surface area contributed by atoms with Crippen molar-refractivity contribution < 1.29 is 33.0 Å². The number of piperidine rings is 1. The highest BCUT2D eigenvalue weighted by Gasteiger charge is 2.37. The number of aryl methyl sites for hydroxylation is 1. The summed E-state index contributed by atoms with van der Waals surface area (Å²) < 4.78 is 34.1. The van der Waals surface area contributed by atoms with Crippen LogP contribution < -0.4 is 24.8 Å². The fraction of sp³-hybridized carbons (Fsp3) is 0.278.